The van der Waals surface area contributed by atoms with Crippen molar-refractivity contribution in [3.05, 3.63) is 105 Å². The number of hydrogen-bond acceptors (Lipinski definition) is 6. The minimum absolute atomic E-state index is 0.102. The molecule has 3 aromatic carbocycles. The molecule has 1 amide bonds. The quantitative estimate of drug-likeness (QED) is 0.252. The van der Waals surface area contributed by atoms with Gasteiger partial charge in [-0.3, -0.25) is 4.79 Å². The van der Waals surface area contributed by atoms with Crippen LogP contribution in [0.2, 0.25) is 0 Å². The molecule has 34 heavy (non-hydrogen) atoms. The van der Waals surface area contributed by atoms with Gasteiger partial charge in [0.05, 0.1) is 0 Å². The molecule has 0 aliphatic carbocycles. The van der Waals surface area contributed by atoms with Gasteiger partial charge in [-0.2, -0.15) is 0 Å². The van der Waals surface area contributed by atoms with Gasteiger partial charge in [0.15, 0.2) is 6.61 Å². The van der Waals surface area contributed by atoms with Crippen LogP contribution >= 0.6 is 0 Å². The van der Waals surface area contributed by atoms with Gasteiger partial charge in [0.2, 0.25) is 0 Å². The molecule has 0 atom stereocenters. The molecule has 1 heterocycles. The Hall–Kier alpha value is -4.39. The average molecular weight is 457 g/mol. The highest BCUT2D eigenvalue weighted by atomic mass is 16.6. The summed E-state index contributed by atoms with van der Waals surface area (Å²) in [4.78, 5) is 37.0. The molecule has 0 saturated heterocycles. The number of esters is 1. The van der Waals surface area contributed by atoms with E-state index in [0.717, 1.165) is 16.7 Å². The van der Waals surface area contributed by atoms with Gasteiger partial charge in [0.25, 0.3) is 5.91 Å². The van der Waals surface area contributed by atoms with E-state index < -0.39 is 17.5 Å². The van der Waals surface area contributed by atoms with Gasteiger partial charge in [-0.15, -0.1) is 0 Å². The molecule has 4 aromatic rings. The number of benzene rings is 3. The Morgan fingerprint density at radius 2 is 1.62 bits per heavy atom. The van der Waals surface area contributed by atoms with Crippen LogP contribution in [0.15, 0.2) is 82.0 Å². The van der Waals surface area contributed by atoms with Crippen molar-refractivity contribution < 1.29 is 23.5 Å². The number of amides is 1. The molecule has 1 aromatic heterocycles. The van der Waals surface area contributed by atoms with Gasteiger partial charge < -0.3 is 19.2 Å². The van der Waals surface area contributed by atoms with Crippen molar-refractivity contribution in [2.45, 2.75) is 20.4 Å². The van der Waals surface area contributed by atoms with Crippen LogP contribution < -0.4 is 20.4 Å². The Bertz CT molecular complexity index is 1390. The first kappa shape index (κ1) is 22.8. The van der Waals surface area contributed by atoms with E-state index in [1.54, 1.807) is 12.1 Å². The van der Waals surface area contributed by atoms with Crippen LogP contribution in [0.3, 0.4) is 0 Å². The van der Waals surface area contributed by atoms with Crippen LogP contribution in [-0.4, -0.2) is 18.5 Å². The second-order valence-corrected chi connectivity index (χ2v) is 7.90. The maximum Gasteiger partial charge on any atom is 0.349 e. The highest BCUT2D eigenvalue weighted by Gasteiger charge is 2.15. The first-order chi connectivity index (χ1) is 16.4. The second-order valence-electron chi connectivity index (χ2n) is 7.90. The standard InChI is InChI=1S/C27H23NO6/c1-17-10-18(2)12-22(11-17)32-16-25(29)33-21-9-8-20-13-23(27(31)34-24(20)14-21)26(30)28-15-19-6-4-3-5-7-19/h3-14H,15-16H2,1-2H3,(H,28,30). The predicted molar refractivity (Wildman–Crippen MR) is 127 cm³/mol. The maximum absolute atomic E-state index is 12.5. The lowest BCUT2D eigenvalue weighted by Gasteiger charge is -2.09. The van der Waals surface area contributed by atoms with Crippen LogP contribution in [0, 0.1) is 13.8 Å². The summed E-state index contributed by atoms with van der Waals surface area (Å²) in [5.41, 5.74) is 2.29. The average Bonchev–Trinajstić information content (AvgIpc) is 2.81. The van der Waals surface area contributed by atoms with Gasteiger partial charge in [0.1, 0.15) is 22.6 Å². The van der Waals surface area contributed by atoms with E-state index in [1.165, 1.54) is 12.1 Å². The number of rotatable bonds is 7. The van der Waals surface area contributed by atoms with E-state index in [9.17, 15) is 14.4 Å². The van der Waals surface area contributed by atoms with Gasteiger partial charge in [-0.1, -0.05) is 36.4 Å². The predicted octanol–water partition coefficient (Wildman–Crippen LogP) is 4.32. The Morgan fingerprint density at radius 1 is 0.882 bits per heavy atom. The second kappa shape index (κ2) is 10.0. The lowest BCUT2D eigenvalue weighted by molar-refractivity contribution is -0.136. The van der Waals surface area contributed by atoms with Crippen molar-refractivity contribution in [3.63, 3.8) is 0 Å². The highest BCUT2D eigenvalue weighted by Crippen LogP contribution is 2.21. The van der Waals surface area contributed by atoms with Crippen molar-refractivity contribution in [2.24, 2.45) is 0 Å². The third-order valence-electron chi connectivity index (χ3n) is 5.03. The van der Waals surface area contributed by atoms with Crippen LogP contribution in [-0.2, 0) is 11.3 Å². The number of carbonyl (C=O) groups excluding carboxylic acids is 2. The van der Waals surface area contributed by atoms with Gasteiger partial charge in [-0.05, 0) is 60.9 Å². The molecule has 0 aliphatic rings. The number of hydrogen-bond donors (Lipinski definition) is 1. The van der Waals surface area contributed by atoms with Crippen LogP contribution in [0.1, 0.15) is 27.0 Å². The van der Waals surface area contributed by atoms with E-state index >= 15 is 0 Å². The van der Waals surface area contributed by atoms with Crippen molar-refractivity contribution >= 4 is 22.8 Å². The smallest absolute Gasteiger partial charge is 0.349 e. The zero-order chi connectivity index (χ0) is 24.1. The van der Waals surface area contributed by atoms with Crippen molar-refractivity contribution in [3.8, 4) is 11.5 Å². The fourth-order valence-corrected chi connectivity index (χ4v) is 3.51. The number of fused-ring (bicyclic) bond motifs is 1. The van der Waals surface area contributed by atoms with Crippen LogP contribution in [0.25, 0.3) is 11.0 Å². The SMILES string of the molecule is Cc1cc(C)cc(OCC(=O)Oc2ccc3cc(C(=O)NCc4ccccc4)c(=O)oc3c2)c1. The molecule has 0 unspecified atom stereocenters. The Balaban J connectivity index is 1.41. The maximum atomic E-state index is 12.5. The minimum Gasteiger partial charge on any atom is -0.482 e. The third kappa shape index (κ3) is 5.69. The Morgan fingerprint density at radius 3 is 2.35 bits per heavy atom. The Labute approximate surface area is 195 Å². The third-order valence-corrected chi connectivity index (χ3v) is 5.03. The van der Waals surface area contributed by atoms with Crippen LogP contribution in [0.4, 0.5) is 0 Å². The van der Waals surface area contributed by atoms with E-state index in [0.29, 0.717) is 11.1 Å². The van der Waals surface area contributed by atoms with Gasteiger partial charge >= 0.3 is 11.6 Å². The van der Waals surface area contributed by atoms with Crippen molar-refractivity contribution in [2.75, 3.05) is 6.61 Å². The molecule has 1 N–H and O–H groups in total. The van der Waals surface area contributed by atoms with Crippen molar-refractivity contribution in [1.82, 2.24) is 5.32 Å². The molecular weight excluding hydrogens is 434 g/mol. The summed E-state index contributed by atoms with van der Waals surface area (Å²) in [6.07, 6.45) is 0. The van der Waals surface area contributed by atoms with E-state index in [4.69, 9.17) is 13.9 Å². The Kier molecular flexibility index (Phi) is 6.73. The molecule has 0 aliphatic heterocycles. The largest absolute Gasteiger partial charge is 0.482 e. The molecule has 0 fully saturated rings. The van der Waals surface area contributed by atoms with E-state index in [-0.39, 0.29) is 30.0 Å². The summed E-state index contributed by atoms with van der Waals surface area (Å²) in [5, 5.41) is 3.23. The zero-order valence-corrected chi connectivity index (χ0v) is 18.8. The molecule has 0 bridgehead atoms. The minimum atomic E-state index is -0.778. The molecule has 0 radical (unpaired) electrons. The number of aryl methyl sites for hydroxylation is 2. The summed E-state index contributed by atoms with van der Waals surface area (Å²) in [6.45, 7) is 3.90. The lowest BCUT2D eigenvalue weighted by Crippen LogP contribution is -2.27. The summed E-state index contributed by atoms with van der Waals surface area (Å²) in [5.74, 6) is -0.348. The zero-order valence-electron chi connectivity index (χ0n) is 18.8. The normalized spacial score (nSPS) is 10.6. The molecule has 172 valence electrons. The topological polar surface area (TPSA) is 94.8 Å². The van der Waals surface area contributed by atoms with Crippen molar-refractivity contribution in [1.29, 1.82) is 0 Å². The highest BCUT2D eigenvalue weighted by molar-refractivity contribution is 5.96. The molecule has 0 saturated carbocycles. The first-order valence-electron chi connectivity index (χ1n) is 10.7. The van der Waals surface area contributed by atoms with Crippen LogP contribution in [0.5, 0.6) is 11.5 Å². The molecular formula is C27H23NO6. The molecule has 7 heteroatoms. The summed E-state index contributed by atoms with van der Waals surface area (Å²) in [7, 11) is 0. The summed E-state index contributed by atoms with van der Waals surface area (Å²) < 4.78 is 16.1. The first-order valence-corrected chi connectivity index (χ1v) is 10.7. The lowest BCUT2D eigenvalue weighted by atomic mass is 10.1. The molecule has 7 nitrogen and oxygen atoms in total. The van der Waals surface area contributed by atoms with E-state index in [2.05, 4.69) is 5.32 Å². The molecule has 0 spiro atoms. The fourth-order valence-electron chi connectivity index (χ4n) is 3.51. The summed E-state index contributed by atoms with van der Waals surface area (Å²) in [6, 6.07) is 21.1. The van der Waals surface area contributed by atoms with Gasteiger partial charge in [0, 0.05) is 18.0 Å². The molecule has 4 rings (SSSR count). The number of nitrogens with one attached hydrogen (secondary N) is 1. The van der Waals surface area contributed by atoms with E-state index in [1.807, 2.05) is 62.4 Å². The summed E-state index contributed by atoms with van der Waals surface area (Å²) >= 11 is 0. The van der Waals surface area contributed by atoms with Gasteiger partial charge in [-0.25, -0.2) is 9.59 Å². The number of ether oxygens (including phenoxy) is 2. The fraction of sp³-hybridized carbons (Fsp3) is 0.148. The monoisotopic (exact) mass is 457 g/mol. The number of carbonyl (C=O) groups is 2.